The summed E-state index contributed by atoms with van der Waals surface area (Å²) in [5.74, 6) is -0.225. The fraction of sp³-hybridized carbons (Fsp3) is 0.167. The zero-order valence-corrected chi connectivity index (χ0v) is 17.4. The maximum Gasteiger partial charge on any atom is 0.246 e. The maximum absolute atomic E-state index is 14.2. The van der Waals surface area contributed by atoms with Crippen molar-refractivity contribution in [1.29, 1.82) is 0 Å². The van der Waals surface area contributed by atoms with Crippen molar-refractivity contribution in [3.8, 4) is 10.6 Å². The SMILES string of the molecule is CCC[S+]([O-])c1sc(-c2ccccc2F)nc1S(=O)(=O)c1ccc(Cl)cc1. The molecule has 1 heterocycles. The topological polar surface area (TPSA) is 70.1 Å². The highest BCUT2D eigenvalue weighted by molar-refractivity contribution is 7.96. The first-order valence-corrected chi connectivity index (χ1v) is 12.0. The number of nitrogens with zero attached hydrogens (tertiary/aromatic N) is 1. The molecule has 0 saturated carbocycles. The van der Waals surface area contributed by atoms with E-state index in [0.717, 1.165) is 11.3 Å². The van der Waals surface area contributed by atoms with Gasteiger partial charge in [-0.15, -0.1) is 0 Å². The van der Waals surface area contributed by atoms with Gasteiger partial charge in [-0.05, 0) is 54.0 Å². The van der Waals surface area contributed by atoms with E-state index in [0.29, 0.717) is 17.2 Å². The zero-order valence-electron chi connectivity index (χ0n) is 14.2. The molecule has 0 aliphatic heterocycles. The average Bonchev–Trinajstić information content (AvgIpc) is 3.09. The fourth-order valence-electron chi connectivity index (χ4n) is 2.36. The van der Waals surface area contributed by atoms with Crippen molar-refractivity contribution in [2.45, 2.75) is 27.5 Å². The first-order valence-electron chi connectivity index (χ1n) is 7.99. The smallest absolute Gasteiger partial charge is 0.246 e. The van der Waals surface area contributed by atoms with Crippen molar-refractivity contribution in [2.24, 2.45) is 0 Å². The van der Waals surface area contributed by atoms with Gasteiger partial charge in [0, 0.05) is 10.6 Å². The van der Waals surface area contributed by atoms with Crippen LogP contribution in [0, 0.1) is 5.82 Å². The van der Waals surface area contributed by atoms with E-state index >= 15 is 0 Å². The highest BCUT2D eigenvalue weighted by atomic mass is 35.5. The highest BCUT2D eigenvalue weighted by Gasteiger charge is 2.33. The molecule has 0 aliphatic rings. The standard InChI is InChI=1S/C18H15ClFNO3S3/c1-2-11-26(22)18-17(27(23,24)13-9-7-12(19)8-10-13)21-16(25-18)14-5-3-4-6-15(14)20/h3-10H,2,11H2,1H3. The maximum atomic E-state index is 14.2. The molecule has 142 valence electrons. The van der Waals surface area contributed by atoms with Gasteiger partial charge in [-0.25, -0.2) is 17.8 Å². The van der Waals surface area contributed by atoms with Crippen LogP contribution in [-0.4, -0.2) is 23.7 Å². The number of rotatable bonds is 6. The van der Waals surface area contributed by atoms with Crippen LogP contribution in [0.1, 0.15) is 13.3 Å². The molecule has 3 rings (SSSR count). The second kappa shape index (κ2) is 8.28. The largest absolute Gasteiger partial charge is 0.611 e. The van der Waals surface area contributed by atoms with Gasteiger partial charge in [-0.1, -0.05) is 42.0 Å². The number of hydrogen-bond acceptors (Lipinski definition) is 5. The Morgan fingerprint density at radius 2 is 1.85 bits per heavy atom. The lowest BCUT2D eigenvalue weighted by molar-refractivity contribution is 0.581. The molecule has 1 aromatic heterocycles. The Kier molecular flexibility index (Phi) is 6.22. The third kappa shape index (κ3) is 4.20. The van der Waals surface area contributed by atoms with Crippen molar-refractivity contribution >= 4 is 44.0 Å². The van der Waals surface area contributed by atoms with Crippen molar-refractivity contribution in [1.82, 2.24) is 4.98 Å². The van der Waals surface area contributed by atoms with Crippen LogP contribution in [0.2, 0.25) is 5.02 Å². The third-order valence-electron chi connectivity index (χ3n) is 3.65. The number of sulfone groups is 1. The molecule has 3 aromatic rings. The molecule has 2 aromatic carbocycles. The first-order chi connectivity index (χ1) is 12.8. The number of benzene rings is 2. The molecule has 9 heteroatoms. The molecule has 0 aliphatic carbocycles. The third-order valence-corrected chi connectivity index (χ3v) is 8.93. The molecule has 0 amide bonds. The van der Waals surface area contributed by atoms with Gasteiger partial charge in [0.1, 0.15) is 16.6 Å². The van der Waals surface area contributed by atoms with E-state index in [4.69, 9.17) is 11.6 Å². The molecule has 0 bridgehead atoms. The summed E-state index contributed by atoms with van der Waals surface area (Å²) in [7, 11) is -4.02. The monoisotopic (exact) mass is 443 g/mol. The van der Waals surface area contributed by atoms with Gasteiger partial charge in [-0.2, -0.15) is 0 Å². The van der Waals surface area contributed by atoms with Gasteiger partial charge in [-0.3, -0.25) is 0 Å². The van der Waals surface area contributed by atoms with Crippen LogP contribution in [0.5, 0.6) is 0 Å². The van der Waals surface area contributed by atoms with Gasteiger partial charge in [0.25, 0.3) is 0 Å². The Hall–Kier alpha value is -1.45. The van der Waals surface area contributed by atoms with Crippen molar-refractivity contribution in [3.05, 3.63) is 59.4 Å². The highest BCUT2D eigenvalue weighted by Crippen LogP contribution is 2.37. The zero-order chi connectivity index (χ0) is 19.6. The minimum Gasteiger partial charge on any atom is -0.611 e. The van der Waals surface area contributed by atoms with Crippen LogP contribution in [0.4, 0.5) is 4.39 Å². The van der Waals surface area contributed by atoms with Crippen LogP contribution in [0.15, 0.2) is 62.7 Å². The van der Waals surface area contributed by atoms with Crippen LogP contribution >= 0.6 is 22.9 Å². The van der Waals surface area contributed by atoms with Crippen LogP contribution in [0.3, 0.4) is 0 Å². The molecular formula is C18H15ClFNO3S3. The predicted molar refractivity (Wildman–Crippen MR) is 106 cm³/mol. The van der Waals surface area contributed by atoms with E-state index < -0.39 is 26.8 Å². The van der Waals surface area contributed by atoms with E-state index in [1.165, 1.54) is 42.5 Å². The van der Waals surface area contributed by atoms with Gasteiger partial charge >= 0.3 is 0 Å². The normalized spacial score (nSPS) is 12.9. The van der Waals surface area contributed by atoms with Gasteiger partial charge in [0.15, 0.2) is 0 Å². The Bertz CT molecular complexity index is 1050. The molecule has 0 spiro atoms. The van der Waals surface area contributed by atoms with E-state index in [1.807, 2.05) is 6.92 Å². The second-order valence-corrected chi connectivity index (χ2v) is 10.7. The summed E-state index contributed by atoms with van der Waals surface area (Å²) >= 11 is 5.23. The fourth-order valence-corrected chi connectivity index (χ4v) is 7.13. The molecule has 1 unspecified atom stereocenters. The second-order valence-electron chi connectivity index (χ2n) is 5.60. The van der Waals surface area contributed by atoms with E-state index in [1.54, 1.807) is 6.07 Å². The summed E-state index contributed by atoms with van der Waals surface area (Å²) in [4.78, 5) is 4.17. The van der Waals surface area contributed by atoms with Crippen molar-refractivity contribution in [3.63, 3.8) is 0 Å². The average molecular weight is 444 g/mol. The van der Waals surface area contributed by atoms with E-state index in [9.17, 15) is 17.4 Å². The molecule has 0 radical (unpaired) electrons. The number of aromatic nitrogens is 1. The lowest BCUT2D eigenvalue weighted by Gasteiger charge is -2.09. The first kappa shape index (κ1) is 20.3. The minimum absolute atomic E-state index is 0.00738. The molecule has 27 heavy (non-hydrogen) atoms. The quantitative estimate of drug-likeness (QED) is 0.505. The molecular weight excluding hydrogens is 429 g/mol. The lowest BCUT2D eigenvalue weighted by Crippen LogP contribution is -2.11. The molecule has 4 nitrogen and oxygen atoms in total. The Morgan fingerprint density at radius 1 is 1.19 bits per heavy atom. The van der Waals surface area contributed by atoms with Crippen molar-refractivity contribution < 1.29 is 17.4 Å². The number of halogens is 2. The van der Waals surface area contributed by atoms with Crippen LogP contribution in [0.25, 0.3) is 10.6 Å². The minimum atomic E-state index is -4.02. The summed E-state index contributed by atoms with van der Waals surface area (Å²) in [6.07, 6.45) is 0.611. The Labute approximate surface area is 169 Å². The summed E-state index contributed by atoms with van der Waals surface area (Å²) in [5.41, 5.74) is 0.176. The van der Waals surface area contributed by atoms with Crippen LogP contribution < -0.4 is 0 Å². The van der Waals surface area contributed by atoms with Gasteiger partial charge < -0.3 is 4.55 Å². The summed E-state index contributed by atoms with van der Waals surface area (Å²) in [6, 6.07) is 11.6. The van der Waals surface area contributed by atoms with Crippen molar-refractivity contribution in [2.75, 3.05) is 5.75 Å². The van der Waals surface area contributed by atoms with Crippen LogP contribution in [-0.2, 0) is 21.0 Å². The summed E-state index contributed by atoms with van der Waals surface area (Å²) < 4.78 is 53.1. The summed E-state index contributed by atoms with van der Waals surface area (Å²) in [5, 5.41) is 0.286. The number of hydrogen-bond donors (Lipinski definition) is 0. The van der Waals surface area contributed by atoms with Gasteiger partial charge in [0.05, 0.1) is 4.90 Å². The Morgan fingerprint density at radius 3 is 2.48 bits per heavy atom. The van der Waals surface area contributed by atoms with Gasteiger partial charge in [0.2, 0.25) is 19.1 Å². The Balaban J connectivity index is 2.18. The summed E-state index contributed by atoms with van der Waals surface area (Å²) in [6.45, 7) is 1.85. The van der Waals surface area contributed by atoms with E-state index in [-0.39, 0.29) is 24.7 Å². The lowest BCUT2D eigenvalue weighted by atomic mass is 10.2. The molecule has 0 saturated heterocycles. The molecule has 1 atom stereocenters. The number of thiazole rings is 1. The predicted octanol–water partition coefficient (Wildman–Crippen LogP) is 4.95. The molecule has 0 N–H and O–H groups in total. The van der Waals surface area contributed by atoms with E-state index in [2.05, 4.69) is 4.98 Å². The molecule has 0 fully saturated rings.